The second-order valence-electron chi connectivity index (χ2n) is 2.58. The van der Waals surface area contributed by atoms with E-state index in [1.54, 1.807) is 7.11 Å². The van der Waals surface area contributed by atoms with Crippen molar-refractivity contribution in [1.29, 1.82) is 0 Å². The summed E-state index contributed by atoms with van der Waals surface area (Å²) in [6, 6.07) is 0. The summed E-state index contributed by atoms with van der Waals surface area (Å²) >= 11 is 0. The van der Waals surface area contributed by atoms with E-state index in [1.165, 1.54) is 6.54 Å². The average Bonchev–Trinajstić information content (AvgIpc) is 2.41. The molecule has 1 aliphatic heterocycles. The first-order valence-electron chi connectivity index (χ1n) is 3.80. The summed E-state index contributed by atoms with van der Waals surface area (Å²) < 4.78 is 4.95. The fourth-order valence-electron chi connectivity index (χ4n) is 1.14. The molecule has 0 N–H and O–H groups in total. The minimum Gasteiger partial charge on any atom is -0.385 e. The molecule has 58 valence electrons. The number of rotatable bonds is 4. The van der Waals surface area contributed by atoms with Crippen LogP contribution in [0.25, 0.3) is 0 Å². The minimum atomic E-state index is 0.885. The van der Waals surface area contributed by atoms with Crippen molar-refractivity contribution in [2.45, 2.75) is 6.42 Å². The lowest BCUT2D eigenvalue weighted by Gasteiger charge is -2.13. The lowest BCUT2D eigenvalue weighted by atomic mass is 10.4. The summed E-state index contributed by atoms with van der Waals surface area (Å²) in [7, 11) is 1.75. The van der Waals surface area contributed by atoms with E-state index < -0.39 is 0 Å². The van der Waals surface area contributed by atoms with E-state index in [1.807, 2.05) is 0 Å². The van der Waals surface area contributed by atoms with Crippen molar-refractivity contribution in [3.05, 3.63) is 12.2 Å². The summed E-state index contributed by atoms with van der Waals surface area (Å²) in [6.07, 6.45) is 5.58. The van der Waals surface area contributed by atoms with E-state index >= 15 is 0 Å². The highest BCUT2D eigenvalue weighted by molar-refractivity contribution is 4.94. The van der Waals surface area contributed by atoms with Crippen molar-refractivity contribution in [2.75, 3.05) is 33.4 Å². The molecule has 0 atom stereocenters. The van der Waals surface area contributed by atoms with Crippen molar-refractivity contribution in [3.63, 3.8) is 0 Å². The number of ether oxygens (including phenoxy) is 1. The SMILES string of the molecule is COCCCN1CC=CC1. The fourth-order valence-corrected chi connectivity index (χ4v) is 1.14. The van der Waals surface area contributed by atoms with Gasteiger partial charge in [0.05, 0.1) is 0 Å². The van der Waals surface area contributed by atoms with Crippen LogP contribution in [-0.2, 0) is 4.74 Å². The van der Waals surface area contributed by atoms with Crippen LogP contribution >= 0.6 is 0 Å². The largest absolute Gasteiger partial charge is 0.385 e. The Morgan fingerprint density at radius 2 is 2.10 bits per heavy atom. The van der Waals surface area contributed by atoms with Gasteiger partial charge in [-0.1, -0.05) is 12.2 Å². The van der Waals surface area contributed by atoms with Crippen LogP contribution in [0.2, 0.25) is 0 Å². The zero-order chi connectivity index (χ0) is 7.23. The quantitative estimate of drug-likeness (QED) is 0.426. The van der Waals surface area contributed by atoms with Crippen LogP contribution in [0, 0.1) is 0 Å². The van der Waals surface area contributed by atoms with Gasteiger partial charge in [0.1, 0.15) is 0 Å². The second-order valence-corrected chi connectivity index (χ2v) is 2.58. The van der Waals surface area contributed by atoms with Gasteiger partial charge in [0.15, 0.2) is 0 Å². The monoisotopic (exact) mass is 141 g/mol. The van der Waals surface area contributed by atoms with Gasteiger partial charge in [-0.3, -0.25) is 4.90 Å². The molecule has 0 aliphatic carbocycles. The first-order valence-corrected chi connectivity index (χ1v) is 3.80. The van der Waals surface area contributed by atoms with Crippen LogP contribution < -0.4 is 0 Å². The molecule has 2 nitrogen and oxygen atoms in total. The first kappa shape index (κ1) is 7.76. The number of methoxy groups -OCH3 is 1. The average molecular weight is 141 g/mol. The van der Waals surface area contributed by atoms with E-state index in [0.29, 0.717) is 0 Å². The Labute approximate surface area is 62.5 Å². The molecule has 0 amide bonds. The highest BCUT2D eigenvalue weighted by Crippen LogP contribution is 1.98. The molecule has 1 rings (SSSR count). The van der Waals surface area contributed by atoms with E-state index in [0.717, 1.165) is 26.1 Å². The van der Waals surface area contributed by atoms with Gasteiger partial charge >= 0.3 is 0 Å². The standard InChI is InChI=1S/C8H15NO/c1-10-8-4-7-9-5-2-3-6-9/h2-3H,4-8H2,1H3. The van der Waals surface area contributed by atoms with Crippen molar-refractivity contribution in [3.8, 4) is 0 Å². The number of nitrogens with zero attached hydrogens (tertiary/aromatic N) is 1. The molecule has 1 aliphatic rings. The Bertz CT molecular complexity index is 104. The molecule has 1 heterocycles. The highest BCUT2D eigenvalue weighted by atomic mass is 16.5. The molecule has 0 saturated heterocycles. The smallest absolute Gasteiger partial charge is 0.0474 e. The maximum atomic E-state index is 4.95. The Balaban J connectivity index is 1.93. The molecular weight excluding hydrogens is 126 g/mol. The summed E-state index contributed by atoms with van der Waals surface area (Å²) in [5.74, 6) is 0. The highest BCUT2D eigenvalue weighted by Gasteiger charge is 2.03. The fraction of sp³-hybridized carbons (Fsp3) is 0.750. The Kier molecular flexibility index (Phi) is 3.47. The third-order valence-corrected chi connectivity index (χ3v) is 1.72. The van der Waals surface area contributed by atoms with Crippen LogP contribution in [0.15, 0.2) is 12.2 Å². The zero-order valence-electron chi connectivity index (χ0n) is 6.55. The van der Waals surface area contributed by atoms with Crippen molar-refractivity contribution < 1.29 is 4.74 Å². The van der Waals surface area contributed by atoms with Gasteiger partial charge in [-0.05, 0) is 6.42 Å². The van der Waals surface area contributed by atoms with Crippen LogP contribution in [0.1, 0.15) is 6.42 Å². The molecule has 0 bridgehead atoms. The second kappa shape index (κ2) is 4.47. The predicted molar refractivity (Wildman–Crippen MR) is 42.1 cm³/mol. The van der Waals surface area contributed by atoms with Crippen LogP contribution in [0.3, 0.4) is 0 Å². The third kappa shape index (κ3) is 2.50. The molecule has 0 aromatic heterocycles. The number of hydrogen-bond acceptors (Lipinski definition) is 2. The van der Waals surface area contributed by atoms with Crippen LogP contribution in [0.5, 0.6) is 0 Å². The van der Waals surface area contributed by atoms with Gasteiger partial charge in [0, 0.05) is 33.4 Å². The molecule has 0 saturated carbocycles. The van der Waals surface area contributed by atoms with Crippen LogP contribution in [-0.4, -0.2) is 38.3 Å². The lowest BCUT2D eigenvalue weighted by Crippen LogP contribution is -2.21. The van der Waals surface area contributed by atoms with E-state index in [-0.39, 0.29) is 0 Å². The Morgan fingerprint density at radius 1 is 1.40 bits per heavy atom. The maximum absolute atomic E-state index is 4.95. The topological polar surface area (TPSA) is 12.5 Å². The normalized spacial score (nSPS) is 18.5. The summed E-state index contributed by atoms with van der Waals surface area (Å²) in [6.45, 7) is 4.31. The van der Waals surface area contributed by atoms with Gasteiger partial charge in [-0.15, -0.1) is 0 Å². The summed E-state index contributed by atoms with van der Waals surface area (Å²) in [5.41, 5.74) is 0. The summed E-state index contributed by atoms with van der Waals surface area (Å²) in [4.78, 5) is 2.40. The Morgan fingerprint density at radius 3 is 2.70 bits per heavy atom. The molecule has 0 fully saturated rings. The van der Waals surface area contributed by atoms with E-state index in [9.17, 15) is 0 Å². The molecule has 2 heteroatoms. The van der Waals surface area contributed by atoms with Gasteiger partial charge in [-0.2, -0.15) is 0 Å². The van der Waals surface area contributed by atoms with E-state index in [2.05, 4.69) is 17.1 Å². The molecular formula is C8H15NO. The summed E-state index contributed by atoms with van der Waals surface area (Å²) in [5, 5.41) is 0. The molecule has 0 spiro atoms. The maximum Gasteiger partial charge on any atom is 0.0474 e. The van der Waals surface area contributed by atoms with Gasteiger partial charge < -0.3 is 4.74 Å². The third-order valence-electron chi connectivity index (χ3n) is 1.72. The zero-order valence-corrected chi connectivity index (χ0v) is 6.55. The van der Waals surface area contributed by atoms with Gasteiger partial charge in [-0.25, -0.2) is 0 Å². The molecule has 0 radical (unpaired) electrons. The number of hydrogen-bond donors (Lipinski definition) is 0. The van der Waals surface area contributed by atoms with Crippen molar-refractivity contribution in [2.24, 2.45) is 0 Å². The van der Waals surface area contributed by atoms with Crippen LogP contribution in [0.4, 0.5) is 0 Å². The minimum absolute atomic E-state index is 0.885. The molecule has 0 unspecified atom stereocenters. The molecule has 0 aromatic rings. The van der Waals surface area contributed by atoms with Gasteiger partial charge in [0.2, 0.25) is 0 Å². The lowest BCUT2D eigenvalue weighted by molar-refractivity contribution is 0.180. The first-order chi connectivity index (χ1) is 4.93. The van der Waals surface area contributed by atoms with E-state index in [4.69, 9.17) is 4.74 Å². The van der Waals surface area contributed by atoms with Crippen molar-refractivity contribution >= 4 is 0 Å². The molecule has 10 heavy (non-hydrogen) atoms. The Hall–Kier alpha value is -0.340. The predicted octanol–water partition coefficient (Wildman–Crippen LogP) is 0.895. The molecule has 0 aromatic carbocycles. The van der Waals surface area contributed by atoms with Crippen molar-refractivity contribution in [1.82, 2.24) is 4.90 Å². The van der Waals surface area contributed by atoms with Gasteiger partial charge in [0.25, 0.3) is 0 Å².